The smallest absolute Gasteiger partial charge is 0.251 e. The van der Waals surface area contributed by atoms with Gasteiger partial charge in [-0.05, 0) is 67.3 Å². The van der Waals surface area contributed by atoms with Crippen LogP contribution in [-0.4, -0.2) is 33.8 Å². The number of nitrogens with zero attached hydrogens (tertiary/aromatic N) is 1. The van der Waals surface area contributed by atoms with Crippen molar-refractivity contribution in [3.63, 3.8) is 0 Å². The molecule has 7 nitrogen and oxygen atoms in total. The Bertz CT molecular complexity index is 1350. The lowest BCUT2D eigenvalue weighted by molar-refractivity contribution is -0.121. The lowest BCUT2D eigenvalue weighted by atomic mass is 9.86. The van der Waals surface area contributed by atoms with Gasteiger partial charge in [-0.3, -0.25) is 9.59 Å². The molecule has 0 saturated heterocycles. The van der Waals surface area contributed by atoms with Crippen LogP contribution in [0, 0.1) is 0 Å². The Morgan fingerprint density at radius 2 is 1.63 bits per heavy atom. The van der Waals surface area contributed by atoms with Crippen molar-refractivity contribution in [2.75, 3.05) is 18.5 Å². The molecule has 1 heterocycles. The summed E-state index contributed by atoms with van der Waals surface area (Å²) >= 11 is 0. The Labute approximate surface area is 206 Å². The summed E-state index contributed by atoms with van der Waals surface area (Å²) < 4.78 is 28.4. The van der Waals surface area contributed by atoms with Crippen molar-refractivity contribution in [1.82, 2.24) is 10.0 Å². The van der Waals surface area contributed by atoms with Gasteiger partial charge in [0.25, 0.3) is 5.91 Å². The molecule has 2 N–H and O–H groups in total. The van der Waals surface area contributed by atoms with Crippen LogP contribution in [0.3, 0.4) is 0 Å². The summed E-state index contributed by atoms with van der Waals surface area (Å²) in [5.41, 5.74) is 3.02. The number of hydrogen-bond donors (Lipinski definition) is 2. The van der Waals surface area contributed by atoms with Crippen molar-refractivity contribution < 1.29 is 18.0 Å². The molecule has 0 aromatic heterocycles. The second-order valence-electron chi connectivity index (χ2n) is 9.18. The highest BCUT2D eigenvalue weighted by Gasteiger charge is 2.42. The monoisotopic (exact) mass is 491 g/mol. The molecule has 8 heteroatoms. The van der Waals surface area contributed by atoms with E-state index in [-0.39, 0.29) is 23.3 Å². The number of rotatable bonds is 8. The highest BCUT2D eigenvalue weighted by atomic mass is 32.2. The van der Waals surface area contributed by atoms with Crippen molar-refractivity contribution in [3.05, 3.63) is 95.1 Å². The molecule has 0 aliphatic carbocycles. The van der Waals surface area contributed by atoms with Crippen LogP contribution in [-0.2, 0) is 33.2 Å². The molecule has 3 aromatic carbocycles. The van der Waals surface area contributed by atoms with E-state index in [9.17, 15) is 18.0 Å². The number of carbonyl (C=O) groups is 2. The van der Waals surface area contributed by atoms with E-state index in [0.29, 0.717) is 17.7 Å². The Hall–Kier alpha value is -3.49. The van der Waals surface area contributed by atoms with E-state index >= 15 is 0 Å². The highest BCUT2D eigenvalue weighted by Crippen LogP contribution is 2.41. The molecule has 0 radical (unpaired) electrons. The summed E-state index contributed by atoms with van der Waals surface area (Å²) in [5.74, 6) is -0.243. The molecule has 35 heavy (non-hydrogen) atoms. The van der Waals surface area contributed by atoms with Gasteiger partial charge in [0.2, 0.25) is 15.9 Å². The quantitative estimate of drug-likeness (QED) is 0.505. The van der Waals surface area contributed by atoms with Gasteiger partial charge in [-0.15, -0.1) is 0 Å². The molecule has 182 valence electrons. The second-order valence-corrected chi connectivity index (χ2v) is 10.9. The van der Waals surface area contributed by atoms with Crippen LogP contribution in [0.1, 0.15) is 40.9 Å². The number of sulfonamides is 1. The third-order valence-electron chi connectivity index (χ3n) is 6.38. The minimum absolute atomic E-state index is 0.0702. The first kappa shape index (κ1) is 24.6. The first-order chi connectivity index (χ1) is 16.6. The van der Waals surface area contributed by atoms with Gasteiger partial charge in [0.1, 0.15) is 0 Å². The number of amides is 2. The van der Waals surface area contributed by atoms with Gasteiger partial charge in [-0.25, -0.2) is 13.1 Å². The van der Waals surface area contributed by atoms with Crippen LogP contribution in [0.4, 0.5) is 5.69 Å². The van der Waals surface area contributed by atoms with E-state index in [4.69, 9.17) is 0 Å². The molecule has 0 atom stereocenters. The van der Waals surface area contributed by atoms with E-state index < -0.39 is 15.4 Å². The van der Waals surface area contributed by atoms with Gasteiger partial charge in [0.15, 0.2) is 0 Å². The predicted molar refractivity (Wildman–Crippen MR) is 136 cm³/mol. The van der Waals surface area contributed by atoms with E-state index in [1.807, 2.05) is 30.3 Å². The Morgan fingerprint density at radius 1 is 0.943 bits per heavy atom. The van der Waals surface area contributed by atoms with E-state index in [1.54, 1.807) is 62.2 Å². The van der Waals surface area contributed by atoms with E-state index in [1.165, 1.54) is 6.07 Å². The molecule has 2 amide bonds. The van der Waals surface area contributed by atoms with Crippen molar-refractivity contribution in [2.24, 2.45) is 0 Å². The molecular weight excluding hydrogens is 462 g/mol. The first-order valence-electron chi connectivity index (χ1n) is 11.4. The third-order valence-corrected chi connectivity index (χ3v) is 7.78. The van der Waals surface area contributed by atoms with Gasteiger partial charge < -0.3 is 10.2 Å². The van der Waals surface area contributed by atoms with Gasteiger partial charge >= 0.3 is 0 Å². The largest absolute Gasteiger partial charge is 0.352 e. The first-order valence-corrected chi connectivity index (χ1v) is 12.9. The fraction of sp³-hybridized carbons (Fsp3) is 0.259. The van der Waals surface area contributed by atoms with Crippen LogP contribution in [0.5, 0.6) is 0 Å². The summed E-state index contributed by atoms with van der Waals surface area (Å²) in [5, 5.41) is 2.90. The molecule has 4 rings (SSSR count). The van der Waals surface area contributed by atoms with Crippen LogP contribution in [0.25, 0.3) is 0 Å². The van der Waals surface area contributed by atoms with Gasteiger partial charge in [-0.1, -0.05) is 42.5 Å². The number of fused-ring (bicyclic) bond motifs is 1. The molecule has 3 aromatic rings. The summed E-state index contributed by atoms with van der Waals surface area (Å²) in [6.07, 6.45) is 0.747. The molecule has 0 saturated carbocycles. The number of hydrogen-bond acceptors (Lipinski definition) is 4. The standard InChI is InChI=1S/C27H29N3O4S/c1-27(2)23-17-22(13-14-24(23)30(3)26(27)32)35(33,34)29-18-20-9-11-21(12-10-20)25(31)28-16-15-19-7-5-4-6-8-19/h4-14,17,29H,15-16,18H2,1-3H3,(H,28,31). The summed E-state index contributed by atoms with van der Waals surface area (Å²) in [4.78, 5) is 26.5. The predicted octanol–water partition coefficient (Wildman–Crippen LogP) is 3.39. The lowest BCUT2D eigenvalue weighted by Gasteiger charge is -2.17. The Balaban J connectivity index is 1.36. The summed E-state index contributed by atoms with van der Waals surface area (Å²) in [6, 6.07) is 21.5. The summed E-state index contributed by atoms with van der Waals surface area (Å²) in [6.45, 7) is 4.20. The molecule has 0 spiro atoms. The molecule has 1 aliphatic heterocycles. The maximum Gasteiger partial charge on any atom is 0.251 e. The molecule has 0 fully saturated rings. The number of carbonyl (C=O) groups excluding carboxylic acids is 2. The van der Waals surface area contributed by atoms with Crippen LogP contribution >= 0.6 is 0 Å². The fourth-order valence-corrected chi connectivity index (χ4v) is 5.27. The molecule has 0 unspecified atom stereocenters. The van der Waals surface area contributed by atoms with Crippen molar-refractivity contribution in [2.45, 2.75) is 37.1 Å². The van der Waals surface area contributed by atoms with Crippen LogP contribution in [0.15, 0.2) is 77.7 Å². The van der Waals surface area contributed by atoms with Crippen molar-refractivity contribution >= 4 is 27.5 Å². The number of anilines is 1. The van der Waals surface area contributed by atoms with E-state index in [2.05, 4.69) is 10.0 Å². The molecule has 0 bridgehead atoms. The van der Waals surface area contributed by atoms with Gasteiger partial charge in [-0.2, -0.15) is 0 Å². The fourth-order valence-electron chi connectivity index (χ4n) is 4.22. The minimum atomic E-state index is -3.79. The van der Waals surface area contributed by atoms with E-state index in [0.717, 1.165) is 23.2 Å². The lowest BCUT2D eigenvalue weighted by Crippen LogP contribution is -2.33. The zero-order chi connectivity index (χ0) is 25.2. The van der Waals surface area contributed by atoms with Gasteiger partial charge in [0.05, 0.1) is 10.3 Å². The van der Waals surface area contributed by atoms with Crippen LogP contribution < -0.4 is 14.9 Å². The van der Waals surface area contributed by atoms with Gasteiger partial charge in [0, 0.05) is 31.4 Å². The van der Waals surface area contributed by atoms with Crippen LogP contribution in [0.2, 0.25) is 0 Å². The van der Waals surface area contributed by atoms with Crippen molar-refractivity contribution in [3.8, 4) is 0 Å². The number of nitrogens with one attached hydrogen (secondary N) is 2. The highest BCUT2D eigenvalue weighted by molar-refractivity contribution is 7.89. The summed E-state index contributed by atoms with van der Waals surface area (Å²) in [7, 11) is -2.10. The second kappa shape index (κ2) is 9.64. The SMILES string of the molecule is CN1C(=O)C(C)(C)c2cc(S(=O)(=O)NCc3ccc(C(=O)NCCc4ccccc4)cc3)ccc21. The zero-order valence-corrected chi connectivity index (χ0v) is 20.9. The number of benzene rings is 3. The minimum Gasteiger partial charge on any atom is -0.352 e. The molecule has 1 aliphatic rings. The maximum absolute atomic E-state index is 12.9. The topological polar surface area (TPSA) is 95.6 Å². The zero-order valence-electron chi connectivity index (χ0n) is 20.0. The average molecular weight is 492 g/mol. The molecular formula is C27H29N3O4S. The maximum atomic E-state index is 12.9. The number of likely N-dealkylation sites (N-methyl/N-ethyl adjacent to an activating group) is 1. The average Bonchev–Trinajstić information content (AvgIpc) is 3.03. The third kappa shape index (κ3) is 5.13. The Morgan fingerprint density at radius 3 is 2.31 bits per heavy atom. The normalized spacial score (nSPS) is 14.6. The van der Waals surface area contributed by atoms with Crippen molar-refractivity contribution in [1.29, 1.82) is 0 Å². The Kier molecular flexibility index (Phi) is 6.78.